The number of hydrogen-bond acceptors (Lipinski definition) is 5. The Morgan fingerprint density at radius 3 is 2.83 bits per heavy atom. The first-order valence-corrected chi connectivity index (χ1v) is 8.03. The molecule has 6 heteroatoms. The van der Waals surface area contributed by atoms with Gasteiger partial charge in [0, 0.05) is 0 Å². The number of hydrogen-bond donors (Lipinski definition) is 0. The molecule has 0 spiro atoms. The highest BCUT2D eigenvalue weighted by Crippen LogP contribution is 2.38. The van der Waals surface area contributed by atoms with Crippen molar-refractivity contribution < 1.29 is 23.7 Å². The monoisotopic (exact) mass is 348 g/mol. The van der Waals surface area contributed by atoms with Crippen LogP contribution in [0.15, 0.2) is 36.4 Å². The molecule has 126 valence electrons. The number of carbonyl (C=O) groups is 1. The lowest BCUT2D eigenvalue weighted by atomic mass is 10.2. The molecule has 0 saturated heterocycles. The van der Waals surface area contributed by atoms with Crippen LogP contribution in [0.4, 0.5) is 0 Å². The Labute approximate surface area is 145 Å². The number of carbonyl (C=O) groups excluding carboxylic acids is 1. The third kappa shape index (κ3) is 3.57. The highest BCUT2D eigenvalue weighted by Gasteiger charge is 2.18. The highest BCUT2D eigenvalue weighted by molar-refractivity contribution is 6.32. The second-order valence-corrected chi connectivity index (χ2v) is 5.51. The van der Waals surface area contributed by atoms with Gasteiger partial charge in [-0.15, -0.1) is 0 Å². The van der Waals surface area contributed by atoms with Crippen LogP contribution >= 0.6 is 11.6 Å². The zero-order valence-corrected chi connectivity index (χ0v) is 14.0. The number of benzene rings is 2. The van der Waals surface area contributed by atoms with Crippen molar-refractivity contribution in [1.29, 1.82) is 0 Å². The molecule has 5 nitrogen and oxygen atoms in total. The summed E-state index contributed by atoms with van der Waals surface area (Å²) < 4.78 is 21.8. The van der Waals surface area contributed by atoms with E-state index in [1.807, 2.05) is 13.0 Å². The Hall–Kier alpha value is -2.40. The molecule has 0 bridgehead atoms. The third-order valence-electron chi connectivity index (χ3n) is 3.43. The zero-order valence-electron chi connectivity index (χ0n) is 13.2. The van der Waals surface area contributed by atoms with Gasteiger partial charge in [0.2, 0.25) is 0 Å². The molecule has 0 fully saturated rings. The van der Waals surface area contributed by atoms with E-state index in [-0.39, 0.29) is 6.61 Å². The van der Waals surface area contributed by atoms with Gasteiger partial charge in [0.15, 0.2) is 11.5 Å². The topological polar surface area (TPSA) is 54.0 Å². The van der Waals surface area contributed by atoms with Crippen LogP contribution in [0.25, 0.3) is 0 Å². The maximum atomic E-state index is 12.3. The van der Waals surface area contributed by atoms with Crippen molar-refractivity contribution in [3.63, 3.8) is 0 Å². The Bertz CT molecular complexity index is 744. The summed E-state index contributed by atoms with van der Waals surface area (Å²) in [6.07, 6.45) is 0. The second kappa shape index (κ2) is 7.45. The second-order valence-electron chi connectivity index (χ2n) is 5.11. The maximum Gasteiger partial charge on any atom is 0.342 e. The summed E-state index contributed by atoms with van der Waals surface area (Å²) in [7, 11) is 0. The third-order valence-corrected chi connectivity index (χ3v) is 3.71. The molecule has 0 atom stereocenters. The van der Waals surface area contributed by atoms with Crippen LogP contribution in [0, 0.1) is 0 Å². The van der Waals surface area contributed by atoms with Crippen LogP contribution in [0.1, 0.15) is 22.8 Å². The van der Waals surface area contributed by atoms with Crippen molar-refractivity contribution in [2.24, 2.45) is 0 Å². The smallest absolute Gasteiger partial charge is 0.342 e. The van der Waals surface area contributed by atoms with E-state index in [0.717, 1.165) is 5.56 Å². The quantitative estimate of drug-likeness (QED) is 0.768. The molecular weight excluding hydrogens is 332 g/mol. The minimum atomic E-state index is -0.454. The fourth-order valence-electron chi connectivity index (χ4n) is 2.39. The zero-order chi connectivity index (χ0) is 16.9. The number of esters is 1. The predicted octanol–water partition coefficient (Wildman–Crippen LogP) is 3.87. The van der Waals surface area contributed by atoms with E-state index < -0.39 is 5.97 Å². The summed E-state index contributed by atoms with van der Waals surface area (Å²) in [5.74, 6) is 1.14. The van der Waals surface area contributed by atoms with E-state index in [1.165, 1.54) is 0 Å². The van der Waals surface area contributed by atoms with Crippen molar-refractivity contribution in [2.45, 2.75) is 13.5 Å². The molecule has 3 rings (SSSR count). The van der Waals surface area contributed by atoms with E-state index in [1.54, 1.807) is 30.3 Å². The summed E-state index contributed by atoms with van der Waals surface area (Å²) in [6, 6.07) is 10.5. The molecule has 0 saturated carbocycles. The van der Waals surface area contributed by atoms with Crippen LogP contribution in [0.2, 0.25) is 5.02 Å². The number of ether oxygens (including phenoxy) is 4. The molecular formula is C18H17ClO5. The van der Waals surface area contributed by atoms with Crippen LogP contribution in [-0.4, -0.2) is 25.8 Å². The Morgan fingerprint density at radius 2 is 2.00 bits per heavy atom. The van der Waals surface area contributed by atoms with Gasteiger partial charge >= 0.3 is 5.97 Å². The van der Waals surface area contributed by atoms with Gasteiger partial charge < -0.3 is 18.9 Å². The fraction of sp³-hybridized carbons (Fsp3) is 0.278. The van der Waals surface area contributed by atoms with Crippen molar-refractivity contribution in [1.82, 2.24) is 0 Å². The largest absolute Gasteiger partial charge is 0.493 e. The van der Waals surface area contributed by atoms with Gasteiger partial charge in [-0.25, -0.2) is 4.79 Å². The standard InChI is InChI=1S/C18H17ClO5/c1-2-21-15-6-4-3-5-13(15)18(20)24-11-12-9-14(19)17-16(10-12)22-7-8-23-17/h3-6,9-10H,2,7-8,11H2,1H3. The van der Waals surface area contributed by atoms with E-state index >= 15 is 0 Å². The number of fused-ring (bicyclic) bond motifs is 1. The van der Waals surface area contributed by atoms with Crippen molar-refractivity contribution in [3.05, 3.63) is 52.5 Å². The van der Waals surface area contributed by atoms with Crippen molar-refractivity contribution in [3.8, 4) is 17.2 Å². The molecule has 0 aromatic heterocycles. The molecule has 1 aliphatic rings. The number of para-hydroxylation sites is 1. The number of rotatable bonds is 5. The lowest BCUT2D eigenvalue weighted by Crippen LogP contribution is -2.16. The molecule has 2 aromatic carbocycles. The average molecular weight is 349 g/mol. The lowest BCUT2D eigenvalue weighted by Gasteiger charge is -2.20. The summed E-state index contributed by atoms with van der Waals surface area (Å²) in [4.78, 5) is 12.3. The SMILES string of the molecule is CCOc1ccccc1C(=O)OCc1cc(Cl)c2c(c1)OCCO2. The van der Waals surface area contributed by atoms with Crippen LogP contribution in [0.5, 0.6) is 17.2 Å². The molecule has 2 aromatic rings. The van der Waals surface area contributed by atoms with Gasteiger partial charge in [0.25, 0.3) is 0 Å². The van der Waals surface area contributed by atoms with E-state index in [2.05, 4.69) is 0 Å². The molecule has 24 heavy (non-hydrogen) atoms. The van der Waals surface area contributed by atoms with Crippen molar-refractivity contribution in [2.75, 3.05) is 19.8 Å². The first kappa shape index (κ1) is 16.5. The van der Waals surface area contributed by atoms with Crippen molar-refractivity contribution >= 4 is 17.6 Å². The minimum Gasteiger partial charge on any atom is -0.493 e. The predicted molar refractivity (Wildman–Crippen MR) is 89.2 cm³/mol. The molecule has 0 radical (unpaired) electrons. The molecule has 0 N–H and O–H groups in total. The van der Waals surface area contributed by atoms with Gasteiger partial charge in [0.1, 0.15) is 31.1 Å². The summed E-state index contributed by atoms with van der Waals surface area (Å²) in [5, 5.41) is 0.438. The first-order valence-electron chi connectivity index (χ1n) is 7.66. The Kier molecular flexibility index (Phi) is 5.11. The van der Waals surface area contributed by atoms with Gasteiger partial charge in [0.05, 0.1) is 11.6 Å². The van der Waals surface area contributed by atoms with Gasteiger partial charge in [-0.2, -0.15) is 0 Å². The highest BCUT2D eigenvalue weighted by atomic mass is 35.5. The summed E-state index contributed by atoms with van der Waals surface area (Å²) in [5.41, 5.74) is 1.12. The normalized spacial score (nSPS) is 12.6. The Balaban J connectivity index is 1.72. The molecule has 1 heterocycles. The van der Waals surface area contributed by atoms with E-state index in [0.29, 0.717) is 47.7 Å². The van der Waals surface area contributed by atoms with E-state index in [9.17, 15) is 4.79 Å². The molecule has 0 unspecified atom stereocenters. The van der Waals surface area contributed by atoms with Gasteiger partial charge in [-0.1, -0.05) is 23.7 Å². The fourth-order valence-corrected chi connectivity index (χ4v) is 2.68. The number of halogens is 1. The molecule has 0 aliphatic carbocycles. The summed E-state index contributed by atoms with van der Waals surface area (Å²) in [6.45, 7) is 3.35. The van der Waals surface area contributed by atoms with Gasteiger partial charge in [-0.05, 0) is 36.8 Å². The van der Waals surface area contributed by atoms with Gasteiger partial charge in [-0.3, -0.25) is 0 Å². The minimum absolute atomic E-state index is 0.0790. The molecule has 0 amide bonds. The first-order chi connectivity index (χ1) is 11.7. The van der Waals surface area contributed by atoms with Crippen LogP contribution < -0.4 is 14.2 Å². The summed E-state index contributed by atoms with van der Waals surface area (Å²) >= 11 is 6.18. The Morgan fingerprint density at radius 1 is 1.21 bits per heavy atom. The molecule has 1 aliphatic heterocycles. The van der Waals surface area contributed by atoms with Crippen LogP contribution in [0.3, 0.4) is 0 Å². The van der Waals surface area contributed by atoms with E-state index in [4.69, 9.17) is 30.5 Å². The van der Waals surface area contributed by atoms with Crippen LogP contribution in [-0.2, 0) is 11.3 Å². The lowest BCUT2D eigenvalue weighted by molar-refractivity contribution is 0.0467. The average Bonchev–Trinajstić information content (AvgIpc) is 2.60. The maximum absolute atomic E-state index is 12.3.